The molecule has 3 rings (SSSR count). The van der Waals surface area contributed by atoms with Crippen LogP contribution in [0.4, 0.5) is 0 Å². The molecule has 2 aliphatic rings. The highest BCUT2D eigenvalue weighted by atomic mass is 16.1. The topological polar surface area (TPSA) is 17.1 Å². The SMILES string of the molecule is CC(C(=O)c1ccccc1C1CCC1)C1CC1. The molecular weight excluding hydrogens is 208 g/mol. The molecule has 1 unspecified atom stereocenters. The van der Waals surface area contributed by atoms with Crippen LogP contribution in [0, 0.1) is 11.8 Å². The van der Waals surface area contributed by atoms with E-state index >= 15 is 0 Å². The first-order valence-corrected chi connectivity index (χ1v) is 6.90. The van der Waals surface area contributed by atoms with Gasteiger partial charge in [-0.05, 0) is 43.1 Å². The van der Waals surface area contributed by atoms with Gasteiger partial charge in [0.25, 0.3) is 0 Å². The second-order valence-corrected chi connectivity index (χ2v) is 5.71. The molecule has 1 atom stereocenters. The van der Waals surface area contributed by atoms with Crippen molar-refractivity contribution >= 4 is 5.78 Å². The molecule has 90 valence electrons. The standard InChI is InChI=1S/C16H20O/c1-11(12-9-10-12)16(17)15-8-3-2-7-14(15)13-5-4-6-13/h2-3,7-8,11-13H,4-6,9-10H2,1H3. The van der Waals surface area contributed by atoms with E-state index in [1.807, 2.05) is 12.1 Å². The number of ketones is 1. The molecule has 0 aromatic heterocycles. The summed E-state index contributed by atoms with van der Waals surface area (Å²) in [5.41, 5.74) is 2.33. The number of hydrogen-bond donors (Lipinski definition) is 0. The number of carbonyl (C=O) groups excluding carboxylic acids is 1. The molecule has 17 heavy (non-hydrogen) atoms. The van der Waals surface area contributed by atoms with Crippen LogP contribution in [0.15, 0.2) is 24.3 Å². The molecule has 1 aromatic rings. The highest BCUT2D eigenvalue weighted by molar-refractivity contribution is 5.99. The summed E-state index contributed by atoms with van der Waals surface area (Å²) >= 11 is 0. The van der Waals surface area contributed by atoms with Gasteiger partial charge < -0.3 is 0 Å². The first kappa shape index (κ1) is 11.0. The second kappa shape index (κ2) is 4.29. The van der Waals surface area contributed by atoms with E-state index < -0.39 is 0 Å². The van der Waals surface area contributed by atoms with E-state index in [-0.39, 0.29) is 5.92 Å². The smallest absolute Gasteiger partial charge is 0.166 e. The fraction of sp³-hybridized carbons (Fsp3) is 0.562. The molecule has 1 aromatic carbocycles. The summed E-state index contributed by atoms with van der Waals surface area (Å²) in [6.07, 6.45) is 6.35. The van der Waals surface area contributed by atoms with Crippen molar-refractivity contribution in [2.75, 3.05) is 0 Å². The van der Waals surface area contributed by atoms with Gasteiger partial charge in [-0.1, -0.05) is 37.6 Å². The predicted molar refractivity (Wildman–Crippen MR) is 69.3 cm³/mol. The Bertz CT molecular complexity index is 427. The highest BCUT2D eigenvalue weighted by Gasteiger charge is 2.34. The Labute approximate surface area is 103 Å². The monoisotopic (exact) mass is 228 g/mol. The molecule has 1 heteroatoms. The molecular formula is C16H20O. The largest absolute Gasteiger partial charge is 0.294 e. The summed E-state index contributed by atoms with van der Waals surface area (Å²) in [6.45, 7) is 2.11. The minimum absolute atomic E-state index is 0.233. The lowest BCUT2D eigenvalue weighted by Crippen LogP contribution is -2.18. The van der Waals surface area contributed by atoms with Gasteiger partial charge in [0.05, 0.1) is 0 Å². The minimum atomic E-state index is 0.233. The van der Waals surface area contributed by atoms with Gasteiger partial charge in [-0.25, -0.2) is 0 Å². The zero-order valence-corrected chi connectivity index (χ0v) is 10.5. The molecule has 1 nitrogen and oxygen atoms in total. The molecule has 0 N–H and O–H groups in total. The summed E-state index contributed by atoms with van der Waals surface area (Å²) in [5, 5.41) is 0. The maximum atomic E-state index is 12.5. The van der Waals surface area contributed by atoms with E-state index in [9.17, 15) is 4.79 Å². The highest BCUT2D eigenvalue weighted by Crippen LogP contribution is 2.41. The fourth-order valence-electron chi connectivity index (χ4n) is 2.85. The van der Waals surface area contributed by atoms with Crippen LogP contribution in [0.1, 0.15) is 60.9 Å². The van der Waals surface area contributed by atoms with Crippen LogP contribution in [0.3, 0.4) is 0 Å². The number of hydrogen-bond acceptors (Lipinski definition) is 1. The van der Waals surface area contributed by atoms with E-state index in [0.29, 0.717) is 17.6 Å². The Hall–Kier alpha value is -1.11. The summed E-state index contributed by atoms with van der Waals surface area (Å²) in [4.78, 5) is 12.5. The van der Waals surface area contributed by atoms with Gasteiger partial charge in [-0.2, -0.15) is 0 Å². The number of carbonyl (C=O) groups is 1. The molecule has 2 aliphatic carbocycles. The maximum Gasteiger partial charge on any atom is 0.166 e. The van der Waals surface area contributed by atoms with Crippen molar-refractivity contribution in [2.24, 2.45) is 11.8 Å². The summed E-state index contributed by atoms with van der Waals surface area (Å²) in [7, 11) is 0. The van der Waals surface area contributed by atoms with Gasteiger partial charge >= 0.3 is 0 Å². The van der Waals surface area contributed by atoms with Crippen LogP contribution >= 0.6 is 0 Å². The van der Waals surface area contributed by atoms with Gasteiger partial charge in [0.15, 0.2) is 5.78 Å². The van der Waals surface area contributed by atoms with E-state index in [4.69, 9.17) is 0 Å². The van der Waals surface area contributed by atoms with Crippen molar-refractivity contribution in [3.8, 4) is 0 Å². The molecule has 0 saturated heterocycles. The minimum Gasteiger partial charge on any atom is -0.294 e. The second-order valence-electron chi connectivity index (χ2n) is 5.71. The molecule has 0 heterocycles. The quantitative estimate of drug-likeness (QED) is 0.706. The number of rotatable bonds is 4. The average molecular weight is 228 g/mol. The number of benzene rings is 1. The molecule has 0 bridgehead atoms. The summed E-state index contributed by atoms with van der Waals surface area (Å²) < 4.78 is 0. The van der Waals surface area contributed by atoms with Gasteiger partial charge in [-0.3, -0.25) is 4.79 Å². The van der Waals surface area contributed by atoms with Crippen molar-refractivity contribution in [3.63, 3.8) is 0 Å². The predicted octanol–water partition coefficient (Wildman–Crippen LogP) is 4.18. The Kier molecular flexibility index (Phi) is 2.78. The third-order valence-corrected chi connectivity index (χ3v) is 4.51. The van der Waals surface area contributed by atoms with E-state index in [2.05, 4.69) is 19.1 Å². The van der Waals surface area contributed by atoms with Gasteiger partial charge in [0.2, 0.25) is 0 Å². The molecule has 0 radical (unpaired) electrons. The third kappa shape index (κ3) is 2.03. The van der Waals surface area contributed by atoms with Crippen molar-refractivity contribution < 1.29 is 4.79 Å². The first-order chi connectivity index (χ1) is 8.27. The van der Waals surface area contributed by atoms with Crippen LogP contribution in [0.25, 0.3) is 0 Å². The lowest BCUT2D eigenvalue weighted by atomic mass is 9.76. The molecule has 0 aliphatic heterocycles. The number of Topliss-reactive ketones (excluding diaryl/α,β-unsaturated/α-hetero) is 1. The van der Waals surface area contributed by atoms with Crippen LogP contribution in [-0.2, 0) is 0 Å². The van der Waals surface area contributed by atoms with Crippen LogP contribution in [-0.4, -0.2) is 5.78 Å². The molecule has 0 amide bonds. The Morgan fingerprint density at radius 3 is 2.47 bits per heavy atom. The van der Waals surface area contributed by atoms with Crippen LogP contribution in [0.5, 0.6) is 0 Å². The van der Waals surface area contributed by atoms with E-state index in [1.54, 1.807) is 0 Å². The summed E-state index contributed by atoms with van der Waals surface area (Å²) in [5.74, 6) is 1.93. The summed E-state index contributed by atoms with van der Waals surface area (Å²) in [6, 6.07) is 8.28. The lowest BCUT2D eigenvalue weighted by Gasteiger charge is -2.28. The molecule has 0 spiro atoms. The average Bonchev–Trinajstić information content (AvgIpc) is 3.09. The molecule has 2 saturated carbocycles. The van der Waals surface area contributed by atoms with Gasteiger partial charge in [0.1, 0.15) is 0 Å². The Balaban J connectivity index is 1.87. The van der Waals surface area contributed by atoms with E-state index in [1.165, 1.54) is 37.7 Å². The maximum absolute atomic E-state index is 12.5. The molecule has 2 fully saturated rings. The van der Waals surface area contributed by atoms with Crippen LogP contribution in [0.2, 0.25) is 0 Å². The Morgan fingerprint density at radius 1 is 1.18 bits per heavy atom. The van der Waals surface area contributed by atoms with Crippen LogP contribution < -0.4 is 0 Å². The van der Waals surface area contributed by atoms with Gasteiger partial charge in [-0.15, -0.1) is 0 Å². The van der Waals surface area contributed by atoms with Crippen molar-refractivity contribution in [2.45, 2.75) is 44.9 Å². The normalized spacial score (nSPS) is 21.9. The zero-order chi connectivity index (χ0) is 11.8. The van der Waals surface area contributed by atoms with Crippen molar-refractivity contribution in [1.82, 2.24) is 0 Å². The van der Waals surface area contributed by atoms with Gasteiger partial charge in [0, 0.05) is 11.5 Å². The Morgan fingerprint density at radius 2 is 1.88 bits per heavy atom. The van der Waals surface area contributed by atoms with Crippen molar-refractivity contribution in [1.29, 1.82) is 0 Å². The fourth-order valence-corrected chi connectivity index (χ4v) is 2.85. The zero-order valence-electron chi connectivity index (χ0n) is 10.5. The first-order valence-electron chi connectivity index (χ1n) is 6.90. The third-order valence-electron chi connectivity index (χ3n) is 4.51. The van der Waals surface area contributed by atoms with E-state index in [0.717, 1.165) is 5.56 Å². The van der Waals surface area contributed by atoms with Crippen molar-refractivity contribution in [3.05, 3.63) is 35.4 Å². The lowest BCUT2D eigenvalue weighted by molar-refractivity contribution is 0.0914.